The van der Waals surface area contributed by atoms with Crippen LogP contribution in [-0.4, -0.2) is 17.8 Å². The minimum absolute atomic E-state index is 0.249. The molecular formula is C14H20F3NO. The van der Waals surface area contributed by atoms with E-state index in [4.69, 9.17) is 0 Å². The standard InChI is InChI=1S/C14H20F3NO/c1-13(2,3)12(19)9-18-8-10-5-4-6-11(7-10)14(15,16)17/h4-7,12,18-19H,8-9H2,1-3H3. The summed E-state index contributed by atoms with van der Waals surface area (Å²) in [6.45, 7) is 6.37. The van der Waals surface area contributed by atoms with Crippen molar-refractivity contribution >= 4 is 0 Å². The zero-order chi connectivity index (χ0) is 14.7. The van der Waals surface area contributed by atoms with Crippen LogP contribution in [0.2, 0.25) is 0 Å². The van der Waals surface area contributed by atoms with E-state index in [2.05, 4.69) is 5.32 Å². The molecule has 0 aromatic heterocycles. The minimum atomic E-state index is -4.32. The molecule has 2 nitrogen and oxygen atoms in total. The second-order valence-electron chi connectivity index (χ2n) is 5.71. The fourth-order valence-electron chi connectivity index (χ4n) is 1.52. The molecule has 1 rings (SSSR count). The maximum absolute atomic E-state index is 12.5. The molecule has 1 aromatic rings. The van der Waals surface area contributed by atoms with Gasteiger partial charge in [-0.05, 0) is 17.0 Å². The summed E-state index contributed by atoms with van der Waals surface area (Å²) in [6, 6.07) is 5.19. The Morgan fingerprint density at radius 3 is 2.37 bits per heavy atom. The van der Waals surface area contributed by atoms with Crippen LogP contribution in [0.15, 0.2) is 24.3 Å². The predicted octanol–water partition coefficient (Wildman–Crippen LogP) is 3.20. The maximum Gasteiger partial charge on any atom is 0.416 e. The van der Waals surface area contributed by atoms with E-state index in [0.717, 1.165) is 12.1 Å². The molecule has 0 aliphatic carbocycles. The first-order valence-corrected chi connectivity index (χ1v) is 6.15. The second-order valence-corrected chi connectivity index (χ2v) is 5.71. The van der Waals surface area contributed by atoms with Crippen LogP contribution in [0.5, 0.6) is 0 Å². The summed E-state index contributed by atoms with van der Waals surface area (Å²) >= 11 is 0. The van der Waals surface area contributed by atoms with E-state index in [-0.39, 0.29) is 5.41 Å². The van der Waals surface area contributed by atoms with Crippen LogP contribution in [0.3, 0.4) is 0 Å². The van der Waals surface area contributed by atoms with Crippen molar-refractivity contribution in [3.63, 3.8) is 0 Å². The fourth-order valence-corrected chi connectivity index (χ4v) is 1.52. The van der Waals surface area contributed by atoms with E-state index in [0.29, 0.717) is 18.7 Å². The Morgan fingerprint density at radius 2 is 1.84 bits per heavy atom. The molecule has 1 atom stereocenters. The van der Waals surface area contributed by atoms with E-state index >= 15 is 0 Å². The van der Waals surface area contributed by atoms with Gasteiger partial charge < -0.3 is 10.4 Å². The molecule has 0 fully saturated rings. The van der Waals surface area contributed by atoms with Crippen molar-refractivity contribution in [2.45, 2.75) is 39.6 Å². The fraction of sp³-hybridized carbons (Fsp3) is 0.571. The predicted molar refractivity (Wildman–Crippen MR) is 68.6 cm³/mol. The molecule has 0 saturated carbocycles. The largest absolute Gasteiger partial charge is 0.416 e. The van der Waals surface area contributed by atoms with Crippen LogP contribution in [0.4, 0.5) is 13.2 Å². The number of hydrogen-bond acceptors (Lipinski definition) is 2. The maximum atomic E-state index is 12.5. The normalized spacial score (nSPS) is 14.5. The lowest BCUT2D eigenvalue weighted by molar-refractivity contribution is -0.137. The number of hydrogen-bond donors (Lipinski definition) is 2. The van der Waals surface area contributed by atoms with Gasteiger partial charge in [-0.15, -0.1) is 0 Å². The van der Waals surface area contributed by atoms with Crippen LogP contribution in [0, 0.1) is 5.41 Å². The number of rotatable bonds is 4. The van der Waals surface area contributed by atoms with Crippen molar-refractivity contribution in [3.05, 3.63) is 35.4 Å². The number of benzene rings is 1. The zero-order valence-corrected chi connectivity index (χ0v) is 11.4. The molecule has 1 aromatic carbocycles. The third kappa shape index (κ3) is 5.20. The molecular weight excluding hydrogens is 255 g/mol. The smallest absolute Gasteiger partial charge is 0.391 e. The van der Waals surface area contributed by atoms with Gasteiger partial charge in [-0.1, -0.05) is 39.0 Å². The van der Waals surface area contributed by atoms with Crippen LogP contribution in [0.1, 0.15) is 31.9 Å². The molecule has 0 aliphatic heterocycles. The Hall–Kier alpha value is -1.07. The summed E-state index contributed by atoms with van der Waals surface area (Å²) in [4.78, 5) is 0. The molecule has 0 radical (unpaired) electrons. The van der Waals surface area contributed by atoms with Crippen molar-refractivity contribution in [2.75, 3.05) is 6.54 Å². The van der Waals surface area contributed by atoms with Gasteiger partial charge in [0.25, 0.3) is 0 Å². The SMILES string of the molecule is CC(C)(C)C(O)CNCc1cccc(C(F)(F)F)c1. The molecule has 0 bridgehead atoms. The van der Waals surface area contributed by atoms with E-state index in [1.54, 1.807) is 6.07 Å². The number of halogens is 3. The number of nitrogens with one attached hydrogen (secondary N) is 1. The minimum Gasteiger partial charge on any atom is -0.391 e. The van der Waals surface area contributed by atoms with Crippen molar-refractivity contribution < 1.29 is 18.3 Å². The first kappa shape index (κ1) is 16.0. The second kappa shape index (κ2) is 5.92. The van der Waals surface area contributed by atoms with Crippen molar-refractivity contribution in [2.24, 2.45) is 5.41 Å². The first-order valence-electron chi connectivity index (χ1n) is 6.15. The van der Waals surface area contributed by atoms with Gasteiger partial charge in [-0.25, -0.2) is 0 Å². The Balaban J connectivity index is 2.55. The molecule has 0 spiro atoms. The highest BCUT2D eigenvalue weighted by atomic mass is 19.4. The van der Waals surface area contributed by atoms with E-state index < -0.39 is 17.8 Å². The summed E-state index contributed by atoms with van der Waals surface area (Å²) < 4.78 is 37.5. The topological polar surface area (TPSA) is 32.3 Å². The lowest BCUT2D eigenvalue weighted by atomic mass is 9.89. The summed E-state index contributed by atoms with van der Waals surface area (Å²) in [5.41, 5.74) is -0.347. The Bertz CT molecular complexity index is 410. The Kier molecular flexibility index (Phi) is 4.98. The summed E-state index contributed by atoms with van der Waals surface area (Å²) in [5.74, 6) is 0. The van der Waals surface area contributed by atoms with Gasteiger partial charge in [0, 0.05) is 13.1 Å². The zero-order valence-electron chi connectivity index (χ0n) is 11.4. The van der Waals surface area contributed by atoms with Crippen molar-refractivity contribution in [1.82, 2.24) is 5.32 Å². The summed E-state index contributed by atoms with van der Waals surface area (Å²) in [7, 11) is 0. The van der Waals surface area contributed by atoms with Gasteiger partial charge in [0.2, 0.25) is 0 Å². The average Bonchev–Trinajstić information content (AvgIpc) is 2.27. The molecule has 0 amide bonds. The van der Waals surface area contributed by atoms with E-state index in [1.165, 1.54) is 6.07 Å². The third-order valence-corrected chi connectivity index (χ3v) is 2.92. The highest BCUT2D eigenvalue weighted by Gasteiger charge is 2.30. The summed E-state index contributed by atoms with van der Waals surface area (Å²) in [5, 5.41) is 12.8. The lowest BCUT2D eigenvalue weighted by Gasteiger charge is -2.26. The summed E-state index contributed by atoms with van der Waals surface area (Å²) in [6.07, 6.45) is -4.86. The van der Waals surface area contributed by atoms with Gasteiger partial charge in [0.05, 0.1) is 11.7 Å². The highest BCUT2D eigenvalue weighted by molar-refractivity contribution is 5.25. The molecule has 19 heavy (non-hydrogen) atoms. The van der Waals surface area contributed by atoms with Crippen LogP contribution in [0.25, 0.3) is 0 Å². The van der Waals surface area contributed by atoms with Gasteiger partial charge in [0.1, 0.15) is 0 Å². The number of alkyl halides is 3. The molecule has 0 aliphatic rings. The van der Waals surface area contributed by atoms with Crippen molar-refractivity contribution in [1.29, 1.82) is 0 Å². The number of aliphatic hydroxyl groups excluding tert-OH is 1. The van der Waals surface area contributed by atoms with Gasteiger partial charge in [-0.3, -0.25) is 0 Å². The lowest BCUT2D eigenvalue weighted by Crippen LogP contribution is -2.36. The monoisotopic (exact) mass is 275 g/mol. The highest BCUT2D eigenvalue weighted by Crippen LogP contribution is 2.29. The Labute approximate surface area is 111 Å². The van der Waals surface area contributed by atoms with Crippen molar-refractivity contribution in [3.8, 4) is 0 Å². The van der Waals surface area contributed by atoms with Gasteiger partial charge in [-0.2, -0.15) is 13.2 Å². The molecule has 0 heterocycles. The molecule has 5 heteroatoms. The van der Waals surface area contributed by atoms with Crippen LogP contribution >= 0.6 is 0 Å². The molecule has 1 unspecified atom stereocenters. The van der Waals surface area contributed by atoms with Crippen LogP contribution in [-0.2, 0) is 12.7 Å². The molecule has 0 saturated heterocycles. The van der Waals surface area contributed by atoms with E-state index in [1.807, 2.05) is 20.8 Å². The molecule has 108 valence electrons. The Morgan fingerprint density at radius 1 is 1.21 bits per heavy atom. The quantitative estimate of drug-likeness (QED) is 0.884. The number of aliphatic hydroxyl groups is 1. The third-order valence-electron chi connectivity index (χ3n) is 2.92. The van der Waals surface area contributed by atoms with E-state index in [9.17, 15) is 18.3 Å². The van der Waals surface area contributed by atoms with Crippen LogP contribution < -0.4 is 5.32 Å². The average molecular weight is 275 g/mol. The first-order chi connectivity index (χ1) is 8.60. The van der Waals surface area contributed by atoms with Gasteiger partial charge in [0.15, 0.2) is 0 Å². The van der Waals surface area contributed by atoms with Gasteiger partial charge >= 0.3 is 6.18 Å². The molecule has 2 N–H and O–H groups in total.